The van der Waals surface area contributed by atoms with E-state index in [1.807, 2.05) is 12.1 Å². The van der Waals surface area contributed by atoms with Gasteiger partial charge in [-0.1, -0.05) is 61.0 Å². The van der Waals surface area contributed by atoms with E-state index in [2.05, 4.69) is 64.5 Å². The Labute approximate surface area is 184 Å². The first-order valence-corrected chi connectivity index (χ1v) is 11.4. The monoisotopic (exact) mass is 417 g/mol. The van der Waals surface area contributed by atoms with Gasteiger partial charge in [-0.15, -0.1) is 0 Å². The fourth-order valence-electron chi connectivity index (χ4n) is 4.07. The van der Waals surface area contributed by atoms with Crippen molar-refractivity contribution in [3.05, 3.63) is 72.1 Å². The summed E-state index contributed by atoms with van der Waals surface area (Å²) in [4.78, 5) is 16.9. The van der Waals surface area contributed by atoms with E-state index in [1.54, 1.807) is 0 Å². The number of para-hydroxylation sites is 2. The Kier molecular flexibility index (Phi) is 7.51. The maximum absolute atomic E-state index is 12.0. The van der Waals surface area contributed by atoms with Crippen molar-refractivity contribution >= 4 is 23.0 Å². The van der Waals surface area contributed by atoms with Crippen LogP contribution in [0.15, 0.2) is 60.7 Å². The number of nitrogens with one attached hydrogen (secondary N) is 1. The van der Waals surface area contributed by atoms with Crippen LogP contribution in [-0.2, 0) is 22.5 Å². The van der Waals surface area contributed by atoms with E-state index in [9.17, 15) is 4.79 Å². The van der Waals surface area contributed by atoms with Crippen LogP contribution in [0.1, 0.15) is 43.5 Å². The van der Waals surface area contributed by atoms with Crippen molar-refractivity contribution in [2.75, 3.05) is 13.2 Å². The zero-order valence-corrected chi connectivity index (χ0v) is 18.0. The van der Waals surface area contributed by atoms with Crippen molar-refractivity contribution in [3.8, 4) is 0 Å². The number of aromatic nitrogens is 2. The summed E-state index contributed by atoms with van der Waals surface area (Å²) in [6.07, 6.45) is 10.0. The molecule has 0 spiro atoms. The third-order valence-corrected chi connectivity index (χ3v) is 5.73. The average molecular weight is 418 g/mol. The molecule has 2 heterocycles. The Balaban J connectivity index is 1.29. The van der Waals surface area contributed by atoms with E-state index >= 15 is 0 Å². The van der Waals surface area contributed by atoms with Gasteiger partial charge in [0.25, 0.3) is 0 Å². The second-order valence-corrected chi connectivity index (χ2v) is 8.04. The number of unbranched alkanes of at least 4 members (excludes halogenated alkanes) is 2. The number of carbonyl (C=O) groups is 1. The van der Waals surface area contributed by atoms with Crippen LogP contribution in [-0.4, -0.2) is 34.7 Å². The van der Waals surface area contributed by atoms with Crippen LogP contribution in [0.2, 0.25) is 0 Å². The average Bonchev–Trinajstić information content (AvgIpc) is 3.45. The number of imidazole rings is 1. The van der Waals surface area contributed by atoms with E-state index in [1.165, 1.54) is 11.1 Å². The molecule has 0 radical (unpaired) electrons. The van der Waals surface area contributed by atoms with Crippen LogP contribution in [0.5, 0.6) is 0 Å². The van der Waals surface area contributed by atoms with Gasteiger partial charge in [0, 0.05) is 26.1 Å². The summed E-state index contributed by atoms with van der Waals surface area (Å²) >= 11 is 0. The number of nitrogens with zero attached hydrogens (tertiary/aromatic N) is 2. The number of benzene rings is 2. The van der Waals surface area contributed by atoms with E-state index in [0.29, 0.717) is 6.61 Å². The van der Waals surface area contributed by atoms with Crippen molar-refractivity contribution in [1.82, 2.24) is 14.9 Å². The molecular formula is C26H31N3O2. The van der Waals surface area contributed by atoms with Gasteiger partial charge in [-0.3, -0.25) is 4.79 Å². The van der Waals surface area contributed by atoms with Crippen molar-refractivity contribution in [3.63, 3.8) is 0 Å². The number of rotatable bonds is 10. The van der Waals surface area contributed by atoms with Crippen molar-refractivity contribution in [2.24, 2.45) is 0 Å². The number of hydrogen-bond acceptors (Lipinski definition) is 3. The number of hydrogen-bond donors (Lipinski definition) is 1. The smallest absolute Gasteiger partial charge is 0.249 e. The van der Waals surface area contributed by atoms with Gasteiger partial charge in [-0.25, -0.2) is 4.98 Å². The zero-order chi connectivity index (χ0) is 21.3. The van der Waals surface area contributed by atoms with Gasteiger partial charge in [-0.05, 0) is 43.4 Å². The van der Waals surface area contributed by atoms with E-state index < -0.39 is 0 Å². The molecule has 31 heavy (non-hydrogen) atoms. The minimum absolute atomic E-state index is 0.0458. The molecule has 0 saturated carbocycles. The molecule has 5 nitrogen and oxygen atoms in total. The number of ether oxygens (including phenoxy) is 1. The van der Waals surface area contributed by atoms with E-state index in [4.69, 9.17) is 9.72 Å². The number of aryl methyl sites for hydroxylation is 1. The molecule has 0 aliphatic carbocycles. The fourth-order valence-corrected chi connectivity index (χ4v) is 4.07. The summed E-state index contributed by atoms with van der Waals surface area (Å²) in [6.45, 7) is 2.23. The van der Waals surface area contributed by atoms with Crippen molar-refractivity contribution in [1.29, 1.82) is 0 Å². The van der Waals surface area contributed by atoms with Crippen LogP contribution >= 0.6 is 0 Å². The number of amides is 1. The van der Waals surface area contributed by atoms with E-state index in [-0.39, 0.29) is 12.0 Å². The van der Waals surface area contributed by atoms with E-state index in [0.717, 1.165) is 63.0 Å². The SMILES string of the molecule is O=C(NCCCCCc1nc2ccccc2n1C/C=C/c1ccccc1)C1CCCO1. The number of carbonyl (C=O) groups excluding carboxylic acids is 1. The molecule has 5 heteroatoms. The standard InChI is InChI=1S/C26H31N3O2/c30-26(24-16-10-20-31-24)27-18-8-2-5-17-25-28-22-14-6-7-15-23(22)29(25)19-9-13-21-11-3-1-4-12-21/h1,3-4,6-7,9,11-15,24H,2,5,8,10,16-20H2,(H,27,30)/b13-9+. The van der Waals surface area contributed by atoms with Crippen LogP contribution in [0.25, 0.3) is 17.1 Å². The highest BCUT2D eigenvalue weighted by atomic mass is 16.5. The minimum atomic E-state index is -0.233. The lowest BCUT2D eigenvalue weighted by molar-refractivity contribution is -0.130. The molecule has 1 aliphatic rings. The molecule has 0 bridgehead atoms. The summed E-state index contributed by atoms with van der Waals surface area (Å²) in [5.41, 5.74) is 3.44. The Hall–Kier alpha value is -2.92. The number of fused-ring (bicyclic) bond motifs is 1. The van der Waals surface area contributed by atoms with Crippen molar-refractivity contribution < 1.29 is 9.53 Å². The van der Waals surface area contributed by atoms with Crippen LogP contribution in [0.4, 0.5) is 0 Å². The lowest BCUT2D eigenvalue weighted by Gasteiger charge is -2.10. The Morgan fingerprint density at radius 3 is 2.77 bits per heavy atom. The second-order valence-electron chi connectivity index (χ2n) is 8.04. The largest absolute Gasteiger partial charge is 0.368 e. The molecule has 1 N–H and O–H groups in total. The molecule has 1 amide bonds. The highest BCUT2D eigenvalue weighted by Gasteiger charge is 2.22. The maximum Gasteiger partial charge on any atom is 0.249 e. The molecule has 4 rings (SSSR count). The first kappa shape index (κ1) is 21.3. The van der Waals surface area contributed by atoms with Gasteiger partial charge in [0.1, 0.15) is 11.9 Å². The summed E-state index contributed by atoms with van der Waals surface area (Å²) < 4.78 is 7.74. The second kappa shape index (κ2) is 10.9. The fraction of sp³-hybridized carbons (Fsp3) is 0.385. The van der Waals surface area contributed by atoms with Gasteiger partial charge in [0.15, 0.2) is 0 Å². The molecule has 3 aromatic rings. The third-order valence-electron chi connectivity index (χ3n) is 5.73. The molecule has 1 atom stereocenters. The first-order chi connectivity index (χ1) is 15.3. The van der Waals surface area contributed by atoms with Crippen LogP contribution < -0.4 is 5.32 Å². The lowest BCUT2D eigenvalue weighted by atomic mass is 10.1. The number of allylic oxidation sites excluding steroid dienone is 1. The highest BCUT2D eigenvalue weighted by molar-refractivity contribution is 5.80. The maximum atomic E-state index is 12.0. The molecular weight excluding hydrogens is 386 g/mol. The van der Waals surface area contributed by atoms with Gasteiger partial charge < -0.3 is 14.6 Å². The summed E-state index contributed by atoms with van der Waals surface area (Å²) in [5, 5.41) is 3.01. The van der Waals surface area contributed by atoms with Gasteiger partial charge in [0.05, 0.1) is 11.0 Å². The predicted octanol–water partition coefficient (Wildman–Crippen LogP) is 4.76. The Morgan fingerprint density at radius 1 is 1.10 bits per heavy atom. The molecule has 1 aromatic heterocycles. The van der Waals surface area contributed by atoms with Crippen molar-refractivity contribution in [2.45, 2.75) is 51.2 Å². The lowest BCUT2D eigenvalue weighted by Crippen LogP contribution is -2.34. The summed E-state index contributed by atoms with van der Waals surface area (Å²) in [7, 11) is 0. The Bertz CT molecular complexity index is 1000. The normalized spacial score (nSPS) is 16.3. The quantitative estimate of drug-likeness (QED) is 0.484. The zero-order valence-electron chi connectivity index (χ0n) is 18.0. The molecule has 1 unspecified atom stereocenters. The Morgan fingerprint density at radius 2 is 1.94 bits per heavy atom. The predicted molar refractivity (Wildman–Crippen MR) is 125 cm³/mol. The topological polar surface area (TPSA) is 56.2 Å². The molecule has 2 aromatic carbocycles. The van der Waals surface area contributed by atoms with Crippen LogP contribution in [0, 0.1) is 0 Å². The highest BCUT2D eigenvalue weighted by Crippen LogP contribution is 2.18. The molecule has 1 fully saturated rings. The third kappa shape index (κ3) is 5.82. The van der Waals surface area contributed by atoms with Gasteiger partial charge >= 0.3 is 0 Å². The summed E-state index contributed by atoms with van der Waals surface area (Å²) in [6, 6.07) is 18.7. The molecule has 1 saturated heterocycles. The first-order valence-electron chi connectivity index (χ1n) is 11.4. The molecule has 1 aliphatic heterocycles. The van der Waals surface area contributed by atoms with Gasteiger partial charge in [0.2, 0.25) is 5.91 Å². The van der Waals surface area contributed by atoms with Crippen LogP contribution in [0.3, 0.4) is 0 Å². The minimum Gasteiger partial charge on any atom is -0.368 e. The van der Waals surface area contributed by atoms with Gasteiger partial charge in [-0.2, -0.15) is 0 Å². The summed E-state index contributed by atoms with van der Waals surface area (Å²) in [5.74, 6) is 1.17. The molecule has 162 valence electrons.